The molecule has 2 rings (SSSR count). The lowest BCUT2D eigenvalue weighted by atomic mass is 10.1. The van der Waals surface area contributed by atoms with Gasteiger partial charge < -0.3 is 15.0 Å². The van der Waals surface area contributed by atoms with Gasteiger partial charge in [-0.1, -0.05) is 18.2 Å². The van der Waals surface area contributed by atoms with E-state index in [1.165, 1.54) is 6.92 Å². The molecule has 2 N–H and O–H groups in total. The van der Waals surface area contributed by atoms with Crippen LogP contribution in [-0.2, 0) is 22.6 Å². The molecule has 5 heteroatoms. The highest BCUT2D eigenvalue weighted by atomic mass is 16.4. The zero-order valence-electron chi connectivity index (χ0n) is 11.6. The molecule has 5 nitrogen and oxygen atoms in total. The van der Waals surface area contributed by atoms with Crippen LogP contribution in [0.5, 0.6) is 0 Å². The van der Waals surface area contributed by atoms with Crippen LogP contribution in [0.15, 0.2) is 30.5 Å². The Labute approximate surface area is 117 Å². The summed E-state index contributed by atoms with van der Waals surface area (Å²) in [7, 11) is 0. The highest BCUT2D eigenvalue weighted by molar-refractivity contribution is 5.90. The van der Waals surface area contributed by atoms with E-state index >= 15 is 0 Å². The number of rotatable bonds is 5. The molecule has 1 aromatic carbocycles. The van der Waals surface area contributed by atoms with E-state index in [-0.39, 0.29) is 12.3 Å². The van der Waals surface area contributed by atoms with Crippen molar-refractivity contribution in [2.24, 2.45) is 0 Å². The number of aromatic nitrogens is 1. The summed E-state index contributed by atoms with van der Waals surface area (Å²) in [5, 5.41) is 12.3. The summed E-state index contributed by atoms with van der Waals surface area (Å²) in [6.07, 6.45) is 2.14. The first-order valence-electron chi connectivity index (χ1n) is 6.61. The van der Waals surface area contributed by atoms with Gasteiger partial charge in [-0.05, 0) is 25.5 Å². The molecule has 2 aromatic rings. The van der Waals surface area contributed by atoms with Crippen molar-refractivity contribution in [3.8, 4) is 0 Å². The van der Waals surface area contributed by atoms with Gasteiger partial charge in [0.05, 0.1) is 6.42 Å². The second kappa shape index (κ2) is 5.77. The number of benzene rings is 1. The molecular weight excluding hydrogens is 256 g/mol. The number of amides is 1. The lowest BCUT2D eigenvalue weighted by Crippen LogP contribution is -2.39. The van der Waals surface area contributed by atoms with Crippen molar-refractivity contribution >= 4 is 22.8 Å². The molecule has 0 aliphatic heterocycles. The third kappa shape index (κ3) is 2.82. The first kappa shape index (κ1) is 14.1. The Balaban J connectivity index is 2.21. The van der Waals surface area contributed by atoms with Crippen molar-refractivity contribution in [2.45, 2.75) is 32.9 Å². The van der Waals surface area contributed by atoms with Crippen LogP contribution < -0.4 is 5.32 Å². The van der Waals surface area contributed by atoms with Crippen LogP contribution in [0.25, 0.3) is 10.9 Å². The third-order valence-corrected chi connectivity index (χ3v) is 3.31. The summed E-state index contributed by atoms with van der Waals surface area (Å²) in [6, 6.07) is 7.02. The minimum absolute atomic E-state index is 0.186. The zero-order valence-corrected chi connectivity index (χ0v) is 11.6. The summed E-state index contributed by atoms with van der Waals surface area (Å²) in [5.74, 6) is -1.31. The van der Waals surface area contributed by atoms with Crippen LogP contribution in [0, 0.1) is 0 Å². The van der Waals surface area contributed by atoms with Gasteiger partial charge in [0.15, 0.2) is 0 Å². The fraction of sp³-hybridized carbons (Fsp3) is 0.333. The predicted molar refractivity (Wildman–Crippen MR) is 76.6 cm³/mol. The Kier molecular flexibility index (Phi) is 4.08. The summed E-state index contributed by atoms with van der Waals surface area (Å²) >= 11 is 0. The van der Waals surface area contributed by atoms with E-state index in [0.29, 0.717) is 0 Å². The fourth-order valence-electron chi connectivity index (χ4n) is 2.25. The Morgan fingerprint density at radius 3 is 2.70 bits per heavy atom. The van der Waals surface area contributed by atoms with E-state index in [1.807, 2.05) is 37.4 Å². The van der Waals surface area contributed by atoms with Gasteiger partial charge in [0.2, 0.25) is 5.91 Å². The Hall–Kier alpha value is -2.30. The molecule has 0 saturated carbocycles. The van der Waals surface area contributed by atoms with Gasteiger partial charge in [0.25, 0.3) is 0 Å². The van der Waals surface area contributed by atoms with Crippen LogP contribution in [0.1, 0.15) is 19.4 Å². The van der Waals surface area contributed by atoms with Gasteiger partial charge >= 0.3 is 5.97 Å². The predicted octanol–water partition coefficient (Wildman–Crippen LogP) is 1.79. The van der Waals surface area contributed by atoms with Gasteiger partial charge in [0.1, 0.15) is 6.04 Å². The smallest absolute Gasteiger partial charge is 0.325 e. The van der Waals surface area contributed by atoms with Crippen molar-refractivity contribution < 1.29 is 14.7 Å². The average Bonchev–Trinajstić information content (AvgIpc) is 2.77. The number of carboxylic acids is 1. The molecule has 0 spiro atoms. The minimum Gasteiger partial charge on any atom is -0.480 e. The number of nitrogens with zero attached hydrogens (tertiary/aromatic N) is 1. The SMILES string of the molecule is CCn1cc(CC(=O)N[C@@H](C)C(=O)O)c2ccccc21. The van der Waals surface area contributed by atoms with Gasteiger partial charge in [-0.3, -0.25) is 9.59 Å². The average molecular weight is 274 g/mol. The molecule has 1 heterocycles. The molecule has 0 radical (unpaired) electrons. The summed E-state index contributed by atoms with van der Waals surface area (Å²) in [5.41, 5.74) is 2.00. The van der Waals surface area contributed by atoms with Crippen molar-refractivity contribution in [3.63, 3.8) is 0 Å². The van der Waals surface area contributed by atoms with Crippen LogP contribution in [0.3, 0.4) is 0 Å². The maximum Gasteiger partial charge on any atom is 0.325 e. The molecule has 0 aliphatic rings. The second-order valence-corrected chi connectivity index (χ2v) is 4.76. The van der Waals surface area contributed by atoms with Crippen LogP contribution in [0.4, 0.5) is 0 Å². The molecule has 0 aliphatic carbocycles. The molecule has 0 fully saturated rings. The highest BCUT2D eigenvalue weighted by Gasteiger charge is 2.16. The van der Waals surface area contributed by atoms with Crippen molar-refractivity contribution in [3.05, 3.63) is 36.0 Å². The number of para-hydroxylation sites is 1. The van der Waals surface area contributed by atoms with Crippen molar-refractivity contribution in [2.75, 3.05) is 0 Å². The van der Waals surface area contributed by atoms with Crippen LogP contribution >= 0.6 is 0 Å². The van der Waals surface area contributed by atoms with Crippen molar-refractivity contribution in [1.82, 2.24) is 9.88 Å². The maximum atomic E-state index is 11.9. The number of nitrogens with one attached hydrogen (secondary N) is 1. The van der Waals surface area contributed by atoms with E-state index in [4.69, 9.17) is 5.11 Å². The van der Waals surface area contributed by atoms with E-state index in [1.54, 1.807) is 0 Å². The Bertz CT molecular complexity index is 646. The third-order valence-electron chi connectivity index (χ3n) is 3.31. The van der Waals surface area contributed by atoms with Crippen molar-refractivity contribution in [1.29, 1.82) is 0 Å². The quantitative estimate of drug-likeness (QED) is 0.873. The number of hydrogen-bond acceptors (Lipinski definition) is 2. The number of hydrogen-bond donors (Lipinski definition) is 2. The normalized spacial score (nSPS) is 12.3. The van der Waals surface area contributed by atoms with E-state index in [0.717, 1.165) is 23.0 Å². The molecule has 0 bridgehead atoms. The molecule has 0 unspecified atom stereocenters. The van der Waals surface area contributed by atoms with Crippen LogP contribution in [0.2, 0.25) is 0 Å². The highest BCUT2D eigenvalue weighted by Crippen LogP contribution is 2.21. The van der Waals surface area contributed by atoms with Gasteiger partial charge in [0, 0.05) is 23.6 Å². The summed E-state index contributed by atoms with van der Waals surface area (Å²) < 4.78 is 2.08. The van der Waals surface area contributed by atoms with Gasteiger partial charge in [-0.2, -0.15) is 0 Å². The maximum absolute atomic E-state index is 11.9. The molecule has 1 aromatic heterocycles. The van der Waals surface area contributed by atoms with Gasteiger partial charge in [-0.15, -0.1) is 0 Å². The van der Waals surface area contributed by atoms with E-state index < -0.39 is 12.0 Å². The summed E-state index contributed by atoms with van der Waals surface area (Å²) in [6.45, 7) is 4.33. The van der Waals surface area contributed by atoms with Crippen LogP contribution in [-0.4, -0.2) is 27.6 Å². The largest absolute Gasteiger partial charge is 0.480 e. The number of fused-ring (bicyclic) bond motifs is 1. The molecule has 1 amide bonds. The molecule has 0 saturated heterocycles. The Morgan fingerprint density at radius 2 is 2.05 bits per heavy atom. The number of carbonyl (C=O) groups excluding carboxylic acids is 1. The van der Waals surface area contributed by atoms with E-state index in [9.17, 15) is 9.59 Å². The number of aliphatic carboxylic acids is 1. The number of aryl methyl sites for hydroxylation is 1. The lowest BCUT2D eigenvalue weighted by Gasteiger charge is -2.08. The second-order valence-electron chi connectivity index (χ2n) is 4.76. The topological polar surface area (TPSA) is 71.3 Å². The standard InChI is InChI=1S/C15H18N2O3/c1-3-17-9-11(12-6-4-5-7-13(12)17)8-14(18)16-10(2)15(19)20/h4-7,9-10H,3,8H2,1-2H3,(H,16,18)(H,19,20)/t10-/m0/s1. The van der Waals surface area contributed by atoms with Gasteiger partial charge in [-0.25, -0.2) is 0 Å². The monoisotopic (exact) mass is 274 g/mol. The first-order valence-corrected chi connectivity index (χ1v) is 6.61. The number of carbonyl (C=O) groups is 2. The summed E-state index contributed by atoms with van der Waals surface area (Å²) in [4.78, 5) is 22.6. The zero-order chi connectivity index (χ0) is 14.7. The minimum atomic E-state index is -1.03. The Morgan fingerprint density at radius 1 is 1.35 bits per heavy atom. The molecule has 20 heavy (non-hydrogen) atoms. The molecule has 106 valence electrons. The lowest BCUT2D eigenvalue weighted by molar-refractivity contribution is -0.141. The number of carboxylic acid groups (broad SMARTS) is 1. The fourth-order valence-corrected chi connectivity index (χ4v) is 2.25. The molecular formula is C15H18N2O3. The van der Waals surface area contributed by atoms with E-state index in [2.05, 4.69) is 9.88 Å². The first-order chi connectivity index (χ1) is 9.52. The molecule has 1 atom stereocenters.